The number of carbonyl (C=O) groups excluding carboxylic acids is 3. The number of imide groups is 1. The van der Waals surface area contributed by atoms with E-state index in [-0.39, 0.29) is 12.3 Å². The Hall–Kier alpha value is -2.64. The molecule has 1 aliphatic rings. The van der Waals surface area contributed by atoms with Gasteiger partial charge in [-0.3, -0.25) is 14.5 Å². The number of benzene rings is 1. The Morgan fingerprint density at radius 3 is 2.77 bits per heavy atom. The fraction of sp³-hybridized carbons (Fsp3) is 0.167. The van der Waals surface area contributed by atoms with Gasteiger partial charge in [0.2, 0.25) is 0 Å². The molecule has 0 bridgehead atoms. The number of aromatic amines is 1. The largest absolute Gasteiger partial charge is 0.361 e. The molecule has 2 aromatic heterocycles. The second-order valence-corrected chi connectivity index (χ2v) is 7.73. The Bertz CT molecular complexity index is 1030. The summed E-state index contributed by atoms with van der Waals surface area (Å²) in [5.74, 6) is -0.700. The van der Waals surface area contributed by atoms with E-state index in [9.17, 15) is 14.4 Å². The number of halogens is 1. The van der Waals surface area contributed by atoms with E-state index < -0.39 is 18.0 Å². The molecule has 3 heterocycles. The first-order valence-corrected chi connectivity index (χ1v) is 9.18. The number of fused-ring (bicyclic) bond motifs is 1. The van der Waals surface area contributed by atoms with Crippen molar-refractivity contribution in [2.45, 2.75) is 12.5 Å². The lowest BCUT2D eigenvalue weighted by atomic mass is 10.1. The van der Waals surface area contributed by atoms with Crippen LogP contribution in [0.15, 0.2) is 42.6 Å². The summed E-state index contributed by atoms with van der Waals surface area (Å²) in [6, 6.07) is 9.75. The number of rotatable bonds is 5. The van der Waals surface area contributed by atoms with Gasteiger partial charge in [0.15, 0.2) is 5.78 Å². The number of H-pyrrole nitrogens is 1. The zero-order valence-corrected chi connectivity index (χ0v) is 15.1. The van der Waals surface area contributed by atoms with Crippen molar-refractivity contribution in [3.8, 4) is 0 Å². The molecule has 3 amide bonds. The predicted octanol–water partition coefficient (Wildman–Crippen LogP) is 3.23. The fourth-order valence-corrected chi connectivity index (χ4v) is 4.04. The third-order valence-electron chi connectivity index (χ3n) is 4.36. The lowest BCUT2D eigenvalue weighted by Crippen LogP contribution is -2.36. The highest BCUT2D eigenvalue weighted by Gasteiger charge is 2.39. The van der Waals surface area contributed by atoms with Gasteiger partial charge < -0.3 is 10.3 Å². The highest BCUT2D eigenvalue weighted by molar-refractivity contribution is 7.18. The number of Topliss-reactive ketones (excluding diaryl/α,β-unsaturated/α-hetero) is 1. The Balaban J connectivity index is 1.49. The van der Waals surface area contributed by atoms with Crippen molar-refractivity contribution in [3.63, 3.8) is 0 Å². The average molecular weight is 388 g/mol. The van der Waals surface area contributed by atoms with Crippen LogP contribution in [0.25, 0.3) is 10.9 Å². The van der Waals surface area contributed by atoms with Gasteiger partial charge in [0.05, 0.1) is 15.8 Å². The Kier molecular flexibility index (Phi) is 4.26. The Labute approximate surface area is 157 Å². The summed E-state index contributed by atoms with van der Waals surface area (Å²) >= 11 is 6.96. The maximum absolute atomic E-state index is 12.6. The van der Waals surface area contributed by atoms with Crippen LogP contribution in [0.3, 0.4) is 0 Å². The number of nitrogens with one attached hydrogen (secondary N) is 2. The lowest BCUT2D eigenvalue weighted by molar-refractivity contribution is -0.127. The van der Waals surface area contributed by atoms with E-state index in [0.717, 1.165) is 32.7 Å². The van der Waals surface area contributed by atoms with Gasteiger partial charge in [0, 0.05) is 23.5 Å². The number of hydrogen-bond acceptors (Lipinski definition) is 4. The van der Waals surface area contributed by atoms with Gasteiger partial charge in [-0.1, -0.05) is 29.8 Å². The molecular weight excluding hydrogens is 374 g/mol. The maximum Gasteiger partial charge on any atom is 0.325 e. The fourth-order valence-electron chi connectivity index (χ4n) is 3.07. The molecule has 26 heavy (non-hydrogen) atoms. The summed E-state index contributed by atoms with van der Waals surface area (Å²) in [5, 5.41) is 3.68. The van der Waals surface area contributed by atoms with Crippen molar-refractivity contribution in [2.24, 2.45) is 0 Å². The van der Waals surface area contributed by atoms with Crippen LogP contribution >= 0.6 is 22.9 Å². The SMILES string of the molecule is O=C(CN1C(=O)N[C@@H](Cc2c[nH]c3ccccc23)C1=O)c1ccc(Cl)s1. The van der Waals surface area contributed by atoms with Crippen molar-refractivity contribution in [1.82, 2.24) is 15.2 Å². The van der Waals surface area contributed by atoms with Crippen molar-refractivity contribution in [2.75, 3.05) is 6.54 Å². The number of urea groups is 1. The summed E-state index contributed by atoms with van der Waals surface area (Å²) in [5.41, 5.74) is 1.92. The van der Waals surface area contributed by atoms with Gasteiger partial charge in [0.1, 0.15) is 6.04 Å². The smallest absolute Gasteiger partial charge is 0.325 e. The topological polar surface area (TPSA) is 82.3 Å². The van der Waals surface area contributed by atoms with Crippen LogP contribution in [0.2, 0.25) is 4.34 Å². The van der Waals surface area contributed by atoms with E-state index in [0.29, 0.717) is 15.6 Å². The van der Waals surface area contributed by atoms with Crippen molar-refractivity contribution in [1.29, 1.82) is 0 Å². The molecule has 0 aliphatic carbocycles. The van der Waals surface area contributed by atoms with Crippen molar-refractivity contribution >= 4 is 51.6 Å². The summed E-state index contributed by atoms with van der Waals surface area (Å²) in [6.07, 6.45) is 2.20. The quantitative estimate of drug-likeness (QED) is 0.521. The molecule has 0 unspecified atom stereocenters. The van der Waals surface area contributed by atoms with Crippen LogP contribution in [0.1, 0.15) is 15.2 Å². The monoisotopic (exact) mass is 387 g/mol. The minimum absolute atomic E-state index is 0.286. The first-order valence-electron chi connectivity index (χ1n) is 7.98. The molecule has 6 nitrogen and oxygen atoms in total. The number of aromatic nitrogens is 1. The van der Waals surface area contributed by atoms with Gasteiger partial charge >= 0.3 is 6.03 Å². The summed E-state index contributed by atoms with van der Waals surface area (Å²) < 4.78 is 0.489. The molecule has 132 valence electrons. The number of hydrogen-bond donors (Lipinski definition) is 2. The standard InChI is InChI=1S/C18H14ClN3O3S/c19-16-6-5-15(26-16)14(23)9-22-17(24)13(21-18(22)25)7-10-8-20-12-4-2-1-3-11(10)12/h1-6,8,13,20H,7,9H2,(H,21,25)/t13-/m0/s1. The average Bonchev–Trinajstić information content (AvgIpc) is 3.30. The highest BCUT2D eigenvalue weighted by atomic mass is 35.5. The molecule has 2 N–H and O–H groups in total. The minimum Gasteiger partial charge on any atom is -0.361 e. The van der Waals surface area contributed by atoms with Crippen LogP contribution < -0.4 is 5.32 Å². The van der Waals surface area contributed by atoms with Gasteiger partial charge in [-0.25, -0.2) is 4.79 Å². The number of ketones is 1. The molecule has 0 saturated carbocycles. The Morgan fingerprint density at radius 1 is 1.19 bits per heavy atom. The molecule has 1 aromatic carbocycles. The van der Waals surface area contributed by atoms with Gasteiger partial charge in [0.25, 0.3) is 5.91 Å². The van der Waals surface area contributed by atoms with E-state index in [1.54, 1.807) is 12.1 Å². The number of amides is 3. The van der Waals surface area contributed by atoms with Gasteiger partial charge in [-0.05, 0) is 23.8 Å². The molecule has 8 heteroatoms. The molecule has 0 radical (unpaired) electrons. The number of carbonyl (C=O) groups is 3. The van der Waals surface area contributed by atoms with Gasteiger partial charge in [-0.2, -0.15) is 0 Å². The zero-order valence-electron chi connectivity index (χ0n) is 13.5. The molecule has 1 atom stereocenters. The van der Waals surface area contributed by atoms with Crippen LogP contribution in [0, 0.1) is 0 Å². The second kappa shape index (κ2) is 6.59. The molecule has 1 fully saturated rings. The highest BCUT2D eigenvalue weighted by Crippen LogP contribution is 2.24. The molecule has 4 rings (SSSR count). The first kappa shape index (κ1) is 16.8. The molecule has 1 saturated heterocycles. The number of para-hydroxylation sites is 1. The summed E-state index contributed by atoms with van der Waals surface area (Å²) in [6.45, 7) is -0.286. The van der Waals surface area contributed by atoms with Crippen molar-refractivity contribution in [3.05, 3.63) is 57.4 Å². The minimum atomic E-state index is -0.679. The first-order chi connectivity index (χ1) is 12.5. The molecular formula is C18H14ClN3O3S. The maximum atomic E-state index is 12.6. The van der Waals surface area contributed by atoms with E-state index in [4.69, 9.17) is 11.6 Å². The van der Waals surface area contributed by atoms with E-state index in [1.807, 2.05) is 30.5 Å². The van der Waals surface area contributed by atoms with Crippen LogP contribution in [-0.2, 0) is 11.2 Å². The number of nitrogens with zero attached hydrogens (tertiary/aromatic N) is 1. The van der Waals surface area contributed by atoms with Crippen LogP contribution in [0.4, 0.5) is 4.79 Å². The van der Waals surface area contributed by atoms with Crippen molar-refractivity contribution < 1.29 is 14.4 Å². The Morgan fingerprint density at radius 2 is 2.00 bits per heavy atom. The predicted molar refractivity (Wildman–Crippen MR) is 99.7 cm³/mol. The summed E-state index contributed by atoms with van der Waals surface area (Å²) in [7, 11) is 0. The van der Waals surface area contributed by atoms with E-state index in [1.165, 1.54) is 0 Å². The molecule has 3 aromatic rings. The van der Waals surface area contributed by atoms with Crippen LogP contribution in [-0.4, -0.2) is 40.2 Å². The van der Waals surface area contributed by atoms with Crippen LogP contribution in [0.5, 0.6) is 0 Å². The zero-order chi connectivity index (χ0) is 18.3. The lowest BCUT2D eigenvalue weighted by Gasteiger charge is -2.11. The third kappa shape index (κ3) is 3.00. The number of thiophene rings is 1. The normalized spacial score (nSPS) is 17.1. The molecule has 1 aliphatic heterocycles. The summed E-state index contributed by atoms with van der Waals surface area (Å²) in [4.78, 5) is 41.6. The van der Waals surface area contributed by atoms with E-state index in [2.05, 4.69) is 10.3 Å². The van der Waals surface area contributed by atoms with Gasteiger partial charge in [-0.15, -0.1) is 11.3 Å². The third-order valence-corrected chi connectivity index (χ3v) is 5.63. The van der Waals surface area contributed by atoms with E-state index >= 15 is 0 Å². The molecule has 0 spiro atoms. The second-order valence-electron chi connectivity index (χ2n) is 6.02.